The van der Waals surface area contributed by atoms with Gasteiger partial charge >= 0.3 is 5.97 Å². The van der Waals surface area contributed by atoms with Crippen LogP contribution in [0.3, 0.4) is 0 Å². The molecule has 4 saturated carbocycles. The second kappa shape index (κ2) is 8.81. The third-order valence-electron chi connectivity index (χ3n) is 8.94. The van der Waals surface area contributed by atoms with Gasteiger partial charge in [-0.1, -0.05) is 36.4 Å². The van der Waals surface area contributed by atoms with Crippen molar-refractivity contribution in [3.05, 3.63) is 89.5 Å². The van der Waals surface area contributed by atoms with Crippen LogP contribution < -0.4 is 10.2 Å². The van der Waals surface area contributed by atoms with Crippen LogP contribution >= 0.6 is 0 Å². The van der Waals surface area contributed by atoms with E-state index in [0.29, 0.717) is 11.1 Å². The van der Waals surface area contributed by atoms with E-state index >= 15 is 0 Å². The topological polar surface area (TPSA) is 69.6 Å². The molecule has 2 N–H and O–H groups in total. The van der Waals surface area contributed by atoms with Crippen LogP contribution in [0.1, 0.15) is 53.6 Å². The monoisotopic (exact) mass is 480 g/mol. The minimum absolute atomic E-state index is 0.0848. The number of para-hydroxylation sites is 1. The Labute approximate surface area is 212 Å². The number of carboxylic acid groups (broad SMARTS) is 1. The highest BCUT2D eigenvalue weighted by Gasteiger charge is 2.58. The van der Waals surface area contributed by atoms with Crippen LogP contribution in [0.5, 0.6) is 0 Å². The summed E-state index contributed by atoms with van der Waals surface area (Å²) in [6.45, 7) is 0. The zero-order chi connectivity index (χ0) is 24.9. The van der Waals surface area contributed by atoms with Gasteiger partial charge in [-0.3, -0.25) is 4.79 Å². The van der Waals surface area contributed by atoms with Gasteiger partial charge in [0.15, 0.2) is 0 Å². The minimum Gasteiger partial charge on any atom is -0.478 e. The molecule has 5 heteroatoms. The van der Waals surface area contributed by atoms with Crippen LogP contribution in [0.4, 0.5) is 17.1 Å². The summed E-state index contributed by atoms with van der Waals surface area (Å²) in [7, 11) is 2.07. The first-order chi connectivity index (χ1) is 17.4. The molecule has 36 heavy (non-hydrogen) atoms. The largest absolute Gasteiger partial charge is 0.478 e. The number of nitrogens with zero attached hydrogens (tertiary/aromatic N) is 1. The molecule has 1 amide bonds. The van der Waals surface area contributed by atoms with E-state index in [2.05, 4.69) is 41.5 Å². The van der Waals surface area contributed by atoms with E-state index in [4.69, 9.17) is 0 Å². The SMILES string of the molecule is CN(c1ccc(CC(=O)Nc2ccccc2C(=O)O)cc1)c1ccc(C23CC4CC(CC2C4)C3)cc1. The number of benzene rings is 3. The van der Waals surface area contributed by atoms with Crippen molar-refractivity contribution in [2.24, 2.45) is 17.8 Å². The van der Waals surface area contributed by atoms with Crippen molar-refractivity contribution >= 4 is 28.9 Å². The van der Waals surface area contributed by atoms with Crippen molar-refractivity contribution < 1.29 is 14.7 Å². The number of carbonyl (C=O) groups excluding carboxylic acids is 1. The number of hydrogen-bond acceptors (Lipinski definition) is 3. The van der Waals surface area contributed by atoms with Crippen LogP contribution in [-0.4, -0.2) is 24.0 Å². The molecule has 2 unspecified atom stereocenters. The molecule has 0 saturated heterocycles. The standard InChI is InChI=1S/C31H32N2O3/c1-33(26-12-8-23(9-13-26)31-18-21-14-22(19-31)16-24(31)15-21)25-10-6-20(7-11-25)17-29(34)32-28-5-3-2-4-27(28)30(35)36/h2-13,21-22,24H,14-19H2,1H3,(H,32,34)(H,35,36). The highest BCUT2D eigenvalue weighted by molar-refractivity contribution is 6.01. The highest BCUT2D eigenvalue weighted by atomic mass is 16.4. The Morgan fingerprint density at radius 1 is 0.889 bits per heavy atom. The normalized spacial score (nSPS) is 25.6. The predicted molar refractivity (Wildman–Crippen MR) is 142 cm³/mol. The molecule has 0 radical (unpaired) electrons. The second-order valence-electron chi connectivity index (χ2n) is 11.0. The quantitative estimate of drug-likeness (QED) is 0.410. The molecule has 2 atom stereocenters. The summed E-state index contributed by atoms with van der Waals surface area (Å²) in [5.41, 5.74) is 5.47. The van der Waals surface area contributed by atoms with E-state index in [9.17, 15) is 14.7 Å². The smallest absolute Gasteiger partial charge is 0.337 e. The van der Waals surface area contributed by atoms with Crippen molar-refractivity contribution in [3.63, 3.8) is 0 Å². The van der Waals surface area contributed by atoms with Gasteiger partial charge in [-0.2, -0.15) is 0 Å². The number of carbonyl (C=O) groups is 2. The molecule has 0 aliphatic heterocycles. The molecule has 3 aromatic carbocycles. The van der Waals surface area contributed by atoms with Gasteiger partial charge in [0.1, 0.15) is 0 Å². The number of aromatic carboxylic acids is 1. The first-order valence-electron chi connectivity index (χ1n) is 13.0. The molecule has 7 rings (SSSR count). The maximum atomic E-state index is 12.5. The van der Waals surface area contributed by atoms with E-state index in [1.54, 1.807) is 23.8 Å². The number of hydrogen-bond donors (Lipinski definition) is 2. The fourth-order valence-corrected chi connectivity index (χ4v) is 7.43. The van der Waals surface area contributed by atoms with Crippen LogP contribution in [0, 0.1) is 17.8 Å². The Morgan fingerprint density at radius 3 is 2.14 bits per heavy atom. The Hall–Kier alpha value is -3.60. The molecular weight excluding hydrogens is 448 g/mol. The molecule has 4 bridgehead atoms. The summed E-state index contributed by atoms with van der Waals surface area (Å²) in [6, 6.07) is 23.6. The lowest BCUT2D eigenvalue weighted by Gasteiger charge is -2.34. The molecule has 5 nitrogen and oxygen atoms in total. The Morgan fingerprint density at radius 2 is 1.50 bits per heavy atom. The van der Waals surface area contributed by atoms with Crippen LogP contribution in [0.25, 0.3) is 0 Å². The minimum atomic E-state index is -1.06. The summed E-state index contributed by atoms with van der Waals surface area (Å²) in [4.78, 5) is 26.1. The fourth-order valence-electron chi connectivity index (χ4n) is 7.43. The third kappa shape index (κ3) is 3.97. The second-order valence-corrected chi connectivity index (χ2v) is 11.0. The van der Waals surface area contributed by atoms with Crippen LogP contribution in [0.2, 0.25) is 0 Å². The number of anilines is 3. The van der Waals surface area contributed by atoms with E-state index < -0.39 is 5.97 Å². The molecule has 184 valence electrons. The van der Waals surface area contributed by atoms with Crippen molar-refractivity contribution in [1.82, 2.24) is 0 Å². The molecule has 4 aliphatic carbocycles. The van der Waals surface area contributed by atoms with E-state index in [1.807, 2.05) is 24.3 Å². The molecule has 4 aliphatic rings. The van der Waals surface area contributed by atoms with E-state index in [0.717, 1.165) is 34.7 Å². The van der Waals surface area contributed by atoms with Crippen molar-refractivity contribution in [3.8, 4) is 0 Å². The van der Waals surface area contributed by atoms with E-state index in [-0.39, 0.29) is 17.9 Å². The lowest BCUT2D eigenvalue weighted by Crippen LogP contribution is -2.27. The van der Waals surface area contributed by atoms with Gasteiger partial charge < -0.3 is 15.3 Å². The third-order valence-corrected chi connectivity index (χ3v) is 8.94. The van der Waals surface area contributed by atoms with Crippen LogP contribution in [-0.2, 0) is 16.6 Å². The number of amides is 1. The summed E-state index contributed by atoms with van der Waals surface area (Å²) in [5.74, 6) is 1.50. The lowest BCUT2D eigenvalue weighted by atomic mass is 9.71. The Bertz CT molecular complexity index is 1280. The lowest BCUT2D eigenvalue weighted by molar-refractivity contribution is -0.115. The summed E-state index contributed by atoms with van der Waals surface area (Å²) < 4.78 is 0. The first-order valence-corrected chi connectivity index (χ1v) is 13.0. The van der Waals surface area contributed by atoms with Gasteiger partial charge in [0.25, 0.3) is 0 Å². The van der Waals surface area contributed by atoms with Crippen molar-refractivity contribution in [2.45, 2.75) is 43.9 Å². The van der Waals surface area contributed by atoms with Gasteiger partial charge in [-0.05, 0) is 103 Å². The van der Waals surface area contributed by atoms with Gasteiger partial charge in [-0.25, -0.2) is 4.79 Å². The van der Waals surface area contributed by atoms with Gasteiger partial charge in [0, 0.05) is 18.4 Å². The van der Waals surface area contributed by atoms with Crippen molar-refractivity contribution in [2.75, 3.05) is 17.3 Å². The number of carboxylic acids is 1. The van der Waals surface area contributed by atoms with E-state index in [1.165, 1.54) is 38.2 Å². The number of rotatable bonds is 7. The van der Waals surface area contributed by atoms with Crippen LogP contribution in [0.15, 0.2) is 72.8 Å². The van der Waals surface area contributed by atoms with Crippen molar-refractivity contribution in [1.29, 1.82) is 0 Å². The Kier molecular flexibility index (Phi) is 5.59. The molecule has 0 heterocycles. The highest BCUT2D eigenvalue weighted by Crippen LogP contribution is 2.65. The molecule has 4 fully saturated rings. The van der Waals surface area contributed by atoms with Gasteiger partial charge in [-0.15, -0.1) is 0 Å². The zero-order valence-corrected chi connectivity index (χ0v) is 20.6. The molecule has 0 aromatic heterocycles. The Balaban J connectivity index is 1.11. The summed E-state index contributed by atoms with van der Waals surface area (Å²) >= 11 is 0. The average molecular weight is 481 g/mol. The fraction of sp³-hybridized carbons (Fsp3) is 0.355. The average Bonchev–Trinajstić information content (AvgIpc) is 3.28. The zero-order valence-electron chi connectivity index (χ0n) is 20.6. The summed E-state index contributed by atoms with van der Waals surface area (Å²) in [5, 5.41) is 12.0. The molecule has 3 aromatic rings. The summed E-state index contributed by atoms with van der Waals surface area (Å²) in [6.07, 6.45) is 7.30. The molecular formula is C31H32N2O3. The number of nitrogens with one attached hydrogen (secondary N) is 1. The maximum absolute atomic E-state index is 12.5. The maximum Gasteiger partial charge on any atom is 0.337 e. The van der Waals surface area contributed by atoms with Gasteiger partial charge in [0.2, 0.25) is 5.91 Å². The first kappa shape index (κ1) is 22.8. The molecule has 0 spiro atoms. The predicted octanol–water partition coefficient (Wildman–Crippen LogP) is 6.41. The van der Waals surface area contributed by atoms with Gasteiger partial charge in [0.05, 0.1) is 17.7 Å².